The Kier molecular flexibility index (Phi) is 5.61. The van der Waals surface area contributed by atoms with Gasteiger partial charge in [-0.15, -0.1) is 11.8 Å². The molecule has 1 aromatic carbocycles. The van der Waals surface area contributed by atoms with Gasteiger partial charge in [-0.3, -0.25) is 0 Å². The predicted octanol–water partition coefficient (Wildman–Crippen LogP) is 0.382. The maximum absolute atomic E-state index is 12.1. The highest BCUT2D eigenvalue weighted by Crippen LogP contribution is 2.28. The third-order valence-corrected chi connectivity index (χ3v) is 5.47. The van der Waals surface area contributed by atoms with Gasteiger partial charge < -0.3 is 10.2 Å². The average Bonchev–Trinajstić information content (AvgIpc) is 2.35. The Hall–Kier alpha value is -0.600. The van der Waals surface area contributed by atoms with Gasteiger partial charge in [0, 0.05) is 24.7 Å². The second kappa shape index (κ2) is 6.53. The molecule has 0 aliphatic rings. The largest absolute Gasteiger partial charge is 0.394 e. The number of nitrogens with zero attached hydrogens (tertiary/aromatic N) is 1. The smallest absolute Gasteiger partial charge is 0.243 e. The zero-order valence-corrected chi connectivity index (χ0v) is 11.9. The maximum atomic E-state index is 12.1. The fraction of sp³-hybridized carbons (Fsp3) is 0.455. The summed E-state index contributed by atoms with van der Waals surface area (Å²) in [6.45, 7) is -0.338. The van der Waals surface area contributed by atoms with Gasteiger partial charge in [-0.1, -0.05) is 12.1 Å². The van der Waals surface area contributed by atoms with Crippen molar-refractivity contribution in [3.63, 3.8) is 0 Å². The van der Waals surface area contributed by atoms with Gasteiger partial charge in [0.1, 0.15) is 0 Å². The molecule has 1 aromatic rings. The molecule has 18 heavy (non-hydrogen) atoms. The second-order valence-corrected chi connectivity index (χ2v) is 7.06. The minimum Gasteiger partial charge on any atom is -0.394 e. The number of sulfonamides is 1. The van der Waals surface area contributed by atoms with Crippen LogP contribution in [0, 0.1) is 0 Å². The first-order valence-electron chi connectivity index (χ1n) is 5.33. The first-order chi connectivity index (χ1) is 8.39. The van der Waals surface area contributed by atoms with Crippen molar-refractivity contribution in [1.82, 2.24) is 4.31 Å². The first kappa shape index (κ1) is 15.5. The van der Waals surface area contributed by atoms with Gasteiger partial charge in [0.05, 0.1) is 17.6 Å². The van der Waals surface area contributed by atoms with Crippen LogP contribution in [0.15, 0.2) is 34.1 Å². The molecule has 5 nitrogen and oxygen atoms in total. The molecule has 1 unspecified atom stereocenters. The van der Waals surface area contributed by atoms with Gasteiger partial charge in [0.2, 0.25) is 10.0 Å². The summed E-state index contributed by atoms with van der Waals surface area (Å²) in [5.41, 5.74) is 0. The molecule has 7 heteroatoms. The number of hydrogen-bond acceptors (Lipinski definition) is 5. The number of benzene rings is 1. The van der Waals surface area contributed by atoms with Crippen LogP contribution in [-0.4, -0.2) is 55.5 Å². The summed E-state index contributed by atoms with van der Waals surface area (Å²) >= 11 is 1.21. The maximum Gasteiger partial charge on any atom is 0.243 e. The normalized spacial score (nSPS) is 13.8. The molecule has 2 N–H and O–H groups in total. The third-order valence-electron chi connectivity index (χ3n) is 2.25. The predicted molar refractivity (Wildman–Crippen MR) is 71.1 cm³/mol. The van der Waals surface area contributed by atoms with Gasteiger partial charge in [-0.25, -0.2) is 12.7 Å². The first-order valence-corrected chi connectivity index (χ1v) is 7.75. The Morgan fingerprint density at radius 1 is 1.33 bits per heavy atom. The molecule has 102 valence electrons. The van der Waals surface area contributed by atoms with E-state index in [-0.39, 0.29) is 17.3 Å². The SMILES string of the molecule is CN(C)S(=O)(=O)c1ccccc1SCC(O)CO. The lowest BCUT2D eigenvalue weighted by molar-refractivity contribution is 0.113. The molecular weight excluding hydrogens is 274 g/mol. The van der Waals surface area contributed by atoms with Crippen LogP contribution in [0.4, 0.5) is 0 Å². The molecule has 1 atom stereocenters. The minimum atomic E-state index is -3.49. The highest BCUT2D eigenvalue weighted by Gasteiger charge is 2.21. The standard InChI is InChI=1S/C11H17NO4S2/c1-12(2)18(15,16)11-6-4-3-5-10(11)17-8-9(14)7-13/h3-6,9,13-14H,7-8H2,1-2H3. The van der Waals surface area contributed by atoms with Gasteiger partial charge >= 0.3 is 0 Å². The highest BCUT2D eigenvalue weighted by atomic mass is 32.2. The van der Waals surface area contributed by atoms with E-state index in [1.54, 1.807) is 18.2 Å². The lowest BCUT2D eigenvalue weighted by atomic mass is 10.4. The van der Waals surface area contributed by atoms with Crippen molar-refractivity contribution in [2.24, 2.45) is 0 Å². The molecule has 0 amide bonds. The number of thioether (sulfide) groups is 1. The van der Waals surface area contributed by atoms with Gasteiger partial charge in [0.15, 0.2) is 0 Å². The third kappa shape index (κ3) is 3.69. The van der Waals surface area contributed by atoms with E-state index in [9.17, 15) is 13.5 Å². The quantitative estimate of drug-likeness (QED) is 0.741. The zero-order valence-electron chi connectivity index (χ0n) is 10.3. The summed E-state index contributed by atoms with van der Waals surface area (Å²) in [7, 11) is -0.551. The van der Waals surface area contributed by atoms with Crippen LogP contribution in [-0.2, 0) is 10.0 Å². The summed E-state index contributed by atoms with van der Waals surface area (Å²) in [6.07, 6.45) is -0.856. The fourth-order valence-electron chi connectivity index (χ4n) is 1.22. The topological polar surface area (TPSA) is 77.8 Å². The molecule has 0 aromatic heterocycles. The van der Waals surface area contributed by atoms with Crippen molar-refractivity contribution in [3.05, 3.63) is 24.3 Å². The van der Waals surface area contributed by atoms with Crippen molar-refractivity contribution in [2.75, 3.05) is 26.5 Å². The number of aliphatic hydroxyl groups excluding tert-OH is 2. The molecule has 0 bridgehead atoms. The molecule has 0 spiro atoms. The lowest BCUT2D eigenvalue weighted by Crippen LogP contribution is -2.23. The van der Waals surface area contributed by atoms with Gasteiger partial charge in [-0.2, -0.15) is 0 Å². The van der Waals surface area contributed by atoms with Crippen LogP contribution in [0.3, 0.4) is 0 Å². The number of rotatable bonds is 6. The summed E-state index contributed by atoms with van der Waals surface area (Å²) < 4.78 is 25.3. The van der Waals surface area contributed by atoms with E-state index in [2.05, 4.69) is 0 Å². The second-order valence-electron chi connectivity index (χ2n) is 3.88. The van der Waals surface area contributed by atoms with Crippen LogP contribution < -0.4 is 0 Å². The molecule has 0 saturated carbocycles. The van der Waals surface area contributed by atoms with E-state index < -0.39 is 16.1 Å². The zero-order chi connectivity index (χ0) is 13.8. The number of aliphatic hydroxyl groups is 2. The average molecular weight is 291 g/mol. The van der Waals surface area contributed by atoms with E-state index in [4.69, 9.17) is 5.11 Å². The summed E-state index contributed by atoms with van der Waals surface area (Å²) in [6, 6.07) is 6.61. The monoisotopic (exact) mass is 291 g/mol. The Balaban J connectivity index is 3.01. The summed E-state index contributed by atoms with van der Waals surface area (Å²) in [4.78, 5) is 0.781. The molecular formula is C11H17NO4S2. The van der Waals surface area contributed by atoms with Crippen molar-refractivity contribution in [1.29, 1.82) is 0 Å². The molecule has 0 radical (unpaired) electrons. The summed E-state index contributed by atoms with van der Waals surface area (Å²) in [5.74, 6) is 0.246. The van der Waals surface area contributed by atoms with Crippen LogP contribution in [0.2, 0.25) is 0 Å². The van der Waals surface area contributed by atoms with Crippen LogP contribution in [0.25, 0.3) is 0 Å². The lowest BCUT2D eigenvalue weighted by Gasteiger charge is -2.15. The van der Waals surface area contributed by atoms with Crippen molar-refractivity contribution < 1.29 is 18.6 Å². The Morgan fingerprint density at radius 2 is 1.94 bits per heavy atom. The number of hydrogen-bond donors (Lipinski definition) is 2. The van der Waals surface area contributed by atoms with E-state index in [1.807, 2.05) is 0 Å². The van der Waals surface area contributed by atoms with E-state index >= 15 is 0 Å². The molecule has 0 heterocycles. The van der Waals surface area contributed by atoms with E-state index in [0.29, 0.717) is 4.90 Å². The van der Waals surface area contributed by atoms with Crippen LogP contribution in [0.5, 0.6) is 0 Å². The molecule has 0 saturated heterocycles. The Labute approximate surface area is 111 Å². The van der Waals surface area contributed by atoms with Crippen molar-refractivity contribution in [3.8, 4) is 0 Å². The molecule has 1 rings (SSSR count). The van der Waals surface area contributed by atoms with E-state index in [1.165, 1.54) is 31.9 Å². The van der Waals surface area contributed by atoms with Gasteiger partial charge in [0.25, 0.3) is 0 Å². The highest BCUT2D eigenvalue weighted by molar-refractivity contribution is 8.00. The molecule has 0 fully saturated rings. The molecule has 0 aliphatic carbocycles. The summed E-state index contributed by atoms with van der Waals surface area (Å²) in [5, 5.41) is 18.0. The van der Waals surface area contributed by atoms with Crippen LogP contribution in [0.1, 0.15) is 0 Å². The molecule has 0 aliphatic heterocycles. The van der Waals surface area contributed by atoms with Crippen molar-refractivity contribution >= 4 is 21.8 Å². The fourth-order valence-corrected chi connectivity index (χ4v) is 3.54. The van der Waals surface area contributed by atoms with E-state index in [0.717, 1.165) is 4.31 Å². The minimum absolute atomic E-state index is 0.213. The Morgan fingerprint density at radius 3 is 2.50 bits per heavy atom. The van der Waals surface area contributed by atoms with Crippen molar-refractivity contribution in [2.45, 2.75) is 15.9 Å². The van der Waals surface area contributed by atoms with Crippen LogP contribution >= 0.6 is 11.8 Å². The van der Waals surface area contributed by atoms with Gasteiger partial charge in [-0.05, 0) is 12.1 Å². The Bertz CT molecular complexity index is 488.